The first-order valence-corrected chi connectivity index (χ1v) is 7.24. The highest BCUT2D eigenvalue weighted by Gasteiger charge is 2.29. The Kier molecular flexibility index (Phi) is 4.19. The summed E-state index contributed by atoms with van der Waals surface area (Å²) in [5.41, 5.74) is 0.674. The van der Waals surface area contributed by atoms with Crippen molar-refractivity contribution >= 4 is 0 Å². The van der Waals surface area contributed by atoms with Crippen LogP contribution < -0.4 is 0 Å². The van der Waals surface area contributed by atoms with Crippen LogP contribution in [0.25, 0.3) is 0 Å². The molecule has 1 aromatic carbocycles. The molecule has 1 aromatic rings. The molecule has 2 saturated heterocycles. The highest BCUT2D eigenvalue weighted by molar-refractivity contribution is 5.33. The number of morpholine rings is 1. The van der Waals surface area contributed by atoms with Crippen molar-refractivity contribution in [2.45, 2.75) is 19.0 Å². The van der Waals surface area contributed by atoms with Crippen LogP contribution in [0.15, 0.2) is 18.2 Å². The molecule has 0 saturated carbocycles. The molecule has 4 nitrogen and oxygen atoms in total. The number of halogens is 1. The molecule has 0 radical (unpaired) electrons. The minimum Gasteiger partial charge on any atom is -0.505 e. The van der Waals surface area contributed by atoms with Crippen LogP contribution in [-0.2, 0) is 11.3 Å². The maximum absolute atomic E-state index is 13.3. The van der Waals surface area contributed by atoms with E-state index < -0.39 is 5.82 Å². The quantitative estimate of drug-likeness (QED) is 0.909. The van der Waals surface area contributed by atoms with E-state index in [0.717, 1.165) is 45.8 Å². The largest absolute Gasteiger partial charge is 0.505 e. The van der Waals surface area contributed by atoms with Gasteiger partial charge in [-0.2, -0.15) is 0 Å². The van der Waals surface area contributed by atoms with Crippen LogP contribution in [-0.4, -0.2) is 60.3 Å². The summed E-state index contributed by atoms with van der Waals surface area (Å²) >= 11 is 0. The zero-order valence-corrected chi connectivity index (χ0v) is 11.6. The summed E-state index contributed by atoms with van der Waals surface area (Å²) in [6.45, 7) is 6.24. The second kappa shape index (κ2) is 6.08. The van der Waals surface area contributed by atoms with Gasteiger partial charge >= 0.3 is 0 Å². The van der Waals surface area contributed by atoms with Gasteiger partial charge in [0.2, 0.25) is 0 Å². The van der Waals surface area contributed by atoms with E-state index in [1.165, 1.54) is 6.07 Å². The maximum atomic E-state index is 13.3. The number of ether oxygens (including phenoxy) is 1. The Balaban J connectivity index is 1.58. The third kappa shape index (κ3) is 2.95. The fourth-order valence-corrected chi connectivity index (χ4v) is 3.12. The van der Waals surface area contributed by atoms with Crippen molar-refractivity contribution in [2.75, 3.05) is 39.4 Å². The van der Waals surface area contributed by atoms with Gasteiger partial charge in [-0.1, -0.05) is 12.1 Å². The van der Waals surface area contributed by atoms with Crippen molar-refractivity contribution in [3.05, 3.63) is 29.6 Å². The lowest BCUT2D eigenvalue weighted by Gasteiger charge is -2.32. The molecule has 1 unspecified atom stereocenters. The lowest BCUT2D eigenvalue weighted by atomic mass is 10.2. The minimum absolute atomic E-state index is 0.206. The fourth-order valence-electron chi connectivity index (χ4n) is 3.12. The van der Waals surface area contributed by atoms with Gasteiger partial charge in [-0.05, 0) is 12.5 Å². The molecule has 20 heavy (non-hydrogen) atoms. The first kappa shape index (κ1) is 13.8. The van der Waals surface area contributed by atoms with E-state index in [4.69, 9.17) is 4.74 Å². The minimum atomic E-state index is -0.536. The van der Waals surface area contributed by atoms with Crippen molar-refractivity contribution in [2.24, 2.45) is 0 Å². The zero-order chi connectivity index (χ0) is 13.9. The van der Waals surface area contributed by atoms with E-state index in [9.17, 15) is 9.50 Å². The number of hydrogen-bond acceptors (Lipinski definition) is 4. The van der Waals surface area contributed by atoms with Crippen LogP contribution in [0, 0.1) is 5.82 Å². The number of hydrogen-bond donors (Lipinski definition) is 1. The molecule has 1 N–H and O–H groups in total. The third-order valence-corrected chi connectivity index (χ3v) is 4.27. The molecule has 2 heterocycles. The average Bonchev–Trinajstić information content (AvgIpc) is 2.93. The van der Waals surface area contributed by atoms with Crippen molar-refractivity contribution in [3.8, 4) is 5.75 Å². The van der Waals surface area contributed by atoms with E-state index in [-0.39, 0.29) is 5.75 Å². The highest BCUT2D eigenvalue weighted by atomic mass is 19.1. The van der Waals surface area contributed by atoms with Crippen LogP contribution in [0.5, 0.6) is 5.75 Å². The van der Waals surface area contributed by atoms with Gasteiger partial charge in [-0.15, -0.1) is 0 Å². The summed E-state index contributed by atoms with van der Waals surface area (Å²) in [4.78, 5) is 4.77. The van der Waals surface area contributed by atoms with E-state index in [1.807, 2.05) is 0 Å². The number of likely N-dealkylation sites (tertiary alicyclic amines) is 1. The van der Waals surface area contributed by atoms with E-state index in [1.54, 1.807) is 12.1 Å². The number of aromatic hydroxyl groups is 1. The summed E-state index contributed by atoms with van der Waals surface area (Å²) in [5, 5.41) is 9.74. The van der Waals surface area contributed by atoms with Crippen molar-refractivity contribution < 1.29 is 14.2 Å². The monoisotopic (exact) mass is 280 g/mol. The second-order valence-electron chi connectivity index (χ2n) is 5.57. The standard InChI is InChI=1S/C15H21FN2O2/c16-14-3-1-2-12(15(14)19)10-17-5-4-13(11-17)18-6-8-20-9-7-18/h1-3,13,19H,4-11H2. The molecular formula is C15H21FN2O2. The van der Waals surface area contributed by atoms with Crippen LogP contribution >= 0.6 is 0 Å². The number of benzene rings is 1. The Bertz CT molecular complexity index is 463. The normalized spacial score (nSPS) is 25.1. The van der Waals surface area contributed by atoms with Crippen LogP contribution in [0.2, 0.25) is 0 Å². The summed E-state index contributed by atoms with van der Waals surface area (Å²) in [6, 6.07) is 5.30. The number of nitrogens with zero attached hydrogens (tertiary/aromatic N) is 2. The van der Waals surface area contributed by atoms with Crippen LogP contribution in [0.4, 0.5) is 4.39 Å². The molecule has 110 valence electrons. The molecule has 0 spiro atoms. The Morgan fingerprint density at radius 3 is 2.85 bits per heavy atom. The van der Waals surface area contributed by atoms with Gasteiger partial charge in [-0.25, -0.2) is 4.39 Å². The molecule has 0 aliphatic carbocycles. The Morgan fingerprint density at radius 1 is 1.25 bits per heavy atom. The predicted octanol–water partition coefficient (Wildman–Crippen LogP) is 1.44. The second-order valence-corrected chi connectivity index (χ2v) is 5.57. The smallest absolute Gasteiger partial charge is 0.165 e. The molecule has 2 aliphatic heterocycles. The first-order valence-electron chi connectivity index (χ1n) is 7.24. The molecule has 0 bridgehead atoms. The Hall–Kier alpha value is -1.17. The van der Waals surface area contributed by atoms with Crippen LogP contribution in [0.3, 0.4) is 0 Å². The van der Waals surface area contributed by atoms with Gasteiger partial charge in [0.05, 0.1) is 13.2 Å². The first-order chi connectivity index (χ1) is 9.74. The molecular weight excluding hydrogens is 259 g/mol. The van der Waals surface area contributed by atoms with E-state index >= 15 is 0 Å². The molecule has 2 fully saturated rings. The highest BCUT2D eigenvalue weighted by Crippen LogP contribution is 2.25. The molecule has 5 heteroatoms. The Labute approximate surface area is 118 Å². The lowest BCUT2D eigenvalue weighted by molar-refractivity contribution is 0.0183. The fraction of sp³-hybridized carbons (Fsp3) is 0.600. The van der Waals surface area contributed by atoms with Crippen molar-refractivity contribution in [1.29, 1.82) is 0 Å². The number of phenolic OH excluding ortho intramolecular Hbond substituents is 1. The van der Waals surface area contributed by atoms with Gasteiger partial charge in [0.15, 0.2) is 11.6 Å². The van der Waals surface area contributed by atoms with Gasteiger partial charge in [0.1, 0.15) is 0 Å². The van der Waals surface area contributed by atoms with Crippen LogP contribution in [0.1, 0.15) is 12.0 Å². The molecule has 1 atom stereocenters. The topological polar surface area (TPSA) is 35.9 Å². The zero-order valence-electron chi connectivity index (χ0n) is 11.6. The van der Waals surface area contributed by atoms with Gasteiger partial charge < -0.3 is 9.84 Å². The third-order valence-electron chi connectivity index (χ3n) is 4.27. The molecule has 3 rings (SSSR count). The number of rotatable bonds is 3. The van der Waals surface area contributed by atoms with Gasteiger partial charge in [0, 0.05) is 44.3 Å². The Morgan fingerprint density at radius 2 is 2.05 bits per heavy atom. The van der Waals surface area contributed by atoms with E-state index in [2.05, 4.69) is 9.80 Å². The predicted molar refractivity (Wildman–Crippen MR) is 74.1 cm³/mol. The summed E-state index contributed by atoms with van der Waals surface area (Å²) in [6.07, 6.45) is 1.13. The summed E-state index contributed by atoms with van der Waals surface area (Å²) in [7, 11) is 0. The summed E-state index contributed by atoms with van der Waals surface area (Å²) in [5.74, 6) is -0.742. The maximum Gasteiger partial charge on any atom is 0.165 e. The SMILES string of the molecule is Oc1c(F)cccc1CN1CCC(N2CCOCC2)C1. The molecule has 2 aliphatic rings. The van der Waals surface area contributed by atoms with Gasteiger partial charge in [-0.3, -0.25) is 9.80 Å². The average molecular weight is 280 g/mol. The molecule has 0 amide bonds. The number of para-hydroxylation sites is 1. The number of phenols is 1. The van der Waals surface area contributed by atoms with E-state index in [0.29, 0.717) is 18.2 Å². The lowest BCUT2D eigenvalue weighted by Crippen LogP contribution is -2.44. The van der Waals surface area contributed by atoms with Crippen molar-refractivity contribution in [1.82, 2.24) is 9.80 Å². The van der Waals surface area contributed by atoms with Crippen molar-refractivity contribution in [3.63, 3.8) is 0 Å². The molecule has 0 aromatic heterocycles. The van der Waals surface area contributed by atoms with Gasteiger partial charge in [0.25, 0.3) is 0 Å². The summed E-state index contributed by atoms with van der Waals surface area (Å²) < 4.78 is 18.7.